The fourth-order valence-corrected chi connectivity index (χ4v) is 3.80. The first kappa shape index (κ1) is 13.4. The molecule has 2 atom stereocenters. The predicted molar refractivity (Wildman–Crippen MR) is 80.0 cm³/mol. The van der Waals surface area contributed by atoms with E-state index in [0.29, 0.717) is 17.4 Å². The number of halogens is 1. The molecule has 1 aliphatic heterocycles. The average molecular weight is 325 g/mol. The molecule has 0 radical (unpaired) electrons. The maximum Gasteiger partial charge on any atom is 0.125 e. The monoisotopic (exact) mass is 324 g/mol. The van der Waals surface area contributed by atoms with E-state index in [0.717, 1.165) is 29.7 Å². The van der Waals surface area contributed by atoms with Gasteiger partial charge in [0.25, 0.3) is 0 Å². The van der Waals surface area contributed by atoms with Gasteiger partial charge in [0, 0.05) is 16.9 Å². The van der Waals surface area contributed by atoms with Gasteiger partial charge >= 0.3 is 0 Å². The summed E-state index contributed by atoms with van der Waals surface area (Å²) < 4.78 is 6.93. The Morgan fingerprint density at radius 1 is 1.53 bits per heavy atom. The molecule has 0 aromatic heterocycles. The Morgan fingerprint density at radius 2 is 2.26 bits per heavy atom. The van der Waals surface area contributed by atoms with E-state index >= 15 is 0 Å². The normalized spacial score (nSPS) is 24.7. The summed E-state index contributed by atoms with van der Waals surface area (Å²) in [4.78, 5) is 0. The summed E-state index contributed by atoms with van der Waals surface area (Å²) in [6, 6.07) is 4.67. The number of rotatable bonds is 4. The molecule has 0 bridgehead atoms. The minimum Gasteiger partial charge on any atom is -0.493 e. The molecule has 1 saturated carbocycles. The molecule has 0 saturated heterocycles. The highest BCUT2D eigenvalue weighted by molar-refractivity contribution is 9.10. The van der Waals surface area contributed by atoms with Crippen LogP contribution in [0, 0.1) is 11.3 Å². The number of hydrazine groups is 1. The SMILES string of the molecule is CC1(C)CC1C(Cc1cc(Br)cc2c1OCC2)NN. The second kappa shape index (κ2) is 4.76. The highest BCUT2D eigenvalue weighted by Crippen LogP contribution is 2.54. The molecule has 1 aromatic carbocycles. The number of nitrogens with two attached hydrogens (primary N) is 1. The first-order valence-electron chi connectivity index (χ1n) is 6.91. The summed E-state index contributed by atoms with van der Waals surface area (Å²) in [6.45, 7) is 5.42. The number of ether oxygens (including phenoxy) is 1. The van der Waals surface area contributed by atoms with E-state index < -0.39 is 0 Å². The number of benzene rings is 1. The second-order valence-electron chi connectivity index (χ2n) is 6.43. The lowest BCUT2D eigenvalue weighted by molar-refractivity contribution is 0.347. The van der Waals surface area contributed by atoms with Crippen molar-refractivity contribution in [1.29, 1.82) is 0 Å². The highest BCUT2D eigenvalue weighted by atomic mass is 79.9. The van der Waals surface area contributed by atoms with Crippen molar-refractivity contribution >= 4 is 15.9 Å². The van der Waals surface area contributed by atoms with Gasteiger partial charge < -0.3 is 4.74 Å². The largest absolute Gasteiger partial charge is 0.493 e. The lowest BCUT2D eigenvalue weighted by Crippen LogP contribution is -2.39. The molecule has 3 nitrogen and oxygen atoms in total. The van der Waals surface area contributed by atoms with Gasteiger partial charge in [-0.3, -0.25) is 11.3 Å². The minimum absolute atomic E-state index is 0.331. The standard InChI is InChI=1S/C15H21BrN2O/c1-15(2)8-12(15)13(18-17)7-10-6-11(16)5-9-3-4-19-14(9)10/h5-6,12-13,18H,3-4,7-8,17H2,1-2H3. The molecule has 4 heteroatoms. The van der Waals surface area contributed by atoms with Crippen molar-refractivity contribution in [2.24, 2.45) is 17.2 Å². The fraction of sp³-hybridized carbons (Fsp3) is 0.600. The van der Waals surface area contributed by atoms with Crippen molar-refractivity contribution in [1.82, 2.24) is 5.43 Å². The highest BCUT2D eigenvalue weighted by Gasteiger charge is 2.49. The van der Waals surface area contributed by atoms with E-state index in [9.17, 15) is 0 Å². The van der Waals surface area contributed by atoms with Crippen LogP contribution in [-0.2, 0) is 12.8 Å². The summed E-state index contributed by atoms with van der Waals surface area (Å²) in [5.74, 6) is 7.51. The zero-order chi connectivity index (χ0) is 13.6. The van der Waals surface area contributed by atoms with Gasteiger partial charge in [0.2, 0.25) is 0 Å². The number of hydrogen-bond acceptors (Lipinski definition) is 3. The Bertz CT molecular complexity index is 501. The molecule has 1 heterocycles. The first-order chi connectivity index (χ1) is 9.01. The van der Waals surface area contributed by atoms with Crippen LogP contribution in [0.3, 0.4) is 0 Å². The van der Waals surface area contributed by atoms with E-state index in [4.69, 9.17) is 10.6 Å². The lowest BCUT2D eigenvalue weighted by Gasteiger charge is -2.19. The first-order valence-corrected chi connectivity index (χ1v) is 7.71. The van der Waals surface area contributed by atoms with Gasteiger partial charge in [0.1, 0.15) is 5.75 Å². The summed E-state index contributed by atoms with van der Waals surface area (Å²) in [5, 5.41) is 0. The molecule has 3 N–H and O–H groups in total. The van der Waals surface area contributed by atoms with E-state index in [2.05, 4.69) is 47.3 Å². The van der Waals surface area contributed by atoms with Gasteiger partial charge in [0.05, 0.1) is 6.61 Å². The smallest absolute Gasteiger partial charge is 0.125 e. The Labute approximate surface area is 123 Å². The second-order valence-corrected chi connectivity index (χ2v) is 7.34. The molecule has 1 aromatic rings. The summed E-state index contributed by atoms with van der Waals surface area (Å²) >= 11 is 3.60. The van der Waals surface area contributed by atoms with Crippen molar-refractivity contribution < 1.29 is 4.74 Å². The van der Waals surface area contributed by atoms with Gasteiger partial charge in [-0.15, -0.1) is 0 Å². The van der Waals surface area contributed by atoms with Crippen molar-refractivity contribution in [3.63, 3.8) is 0 Å². The number of nitrogens with one attached hydrogen (secondary N) is 1. The maximum absolute atomic E-state index is 5.79. The van der Waals surface area contributed by atoms with Crippen LogP contribution in [0.1, 0.15) is 31.4 Å². The molecular weight excluding hydrogens is 304 g/mol. The van der Waals surface area contributed by atoms with Gasteiger partial charge in [-0.05, 0) is 47.4 Å². The summed E-state index contributed by atoms with van der Waals surface area (Å²) in [6.07, 6.45) is 3.20. The van der Waals surface area contributed by atoms with E-state index in [-0.39, 0.29) is 0 Å². The molecule has 1 fully saturated rings. The van der Waals surface area contributed by atoms with Crippen LogP contribution in [-0.4, -0.2) is 12.6 Å². The Kier molecular flexibility index (Phi) is 3.36. The van der Waals surface area contributed by atoms with Crippen LogP contribution in [0.2, 0.25) is 0 Å². The van der Waals surface area contributed by atoms with Gasteiger partial charge in [-0.1, -0.05) is 29.8 Å². The van der Waals surface area contributed by atoms with Gasteiger partial charge in [-0.25, -0.2) is 0 Å². The fourth-order valence-electron chi connectivity index (χ4n) is 3.25. The molecule has 3 rings (SSSR count). The Morgan fingerprint density at radius 3 is 2.89 bits per heavy atom. The van der Waals surface area contributed by atoms with Gasteiger partial charge in [-0.2, -0.15) is 0 Å². The molecule has 0 spiro atoms. The third-order valence-electron chi connectivity index (χ3n) is 4.55. The van der Waals surface area contributed by atoms with Crippen LogP contribution >= 0.6 is 15.9 Å². The average Bonchev–Trinajstić information content (AvgIpc) is 2.76. The Balaban J connectivity index is 1.83. The molecule has 0 amide bonds. The van der Waals surface area contributed by atoms with Crippen molar-refractivity contribution in [3.8, 4) is 5.75 Å². The molecule has 2 aliphatic rings. The van der Waals surface area contributed by atoms with E-state index in [1.54, 1.807) is 0 Å². The quantitative estimate of drug-likeness (QED) is 0.661. The van der Waals surface area contributed by atoms with E-state index in [1.165, 1.54) is 17.5 Å². The van der Waals surface area contributed by atoms with Crippen LogP contribution in [0.15, 0.2) is 16.6 Å². The van der Waals surface area contributed by atoms with Crippen LogP contribution in [0.25, 0.3) is 0 Å². The third-order valence-corrected chi connectivity index (χ3v) is 5.01. The number of fused-ring (bicyclic) bond motifs is 1. The zero-order valence-corrected chi connectivity index (χ0v) is 13.1. The molecular formula is C15H21BrN2O. The zero-order valence-electron chi connectivity index (χ0n) is 11.5. The topological polar surface area (TPSA) is 47.3 Å². The Hall–Kier alpha value is -0.580. The van der Waals surface area contributed by atoms with Crippen LogP contribution in [0.5, 0.6) is 5.75 Å². The maximum atomic E-state index is 5.79. The lowest BCUT2D eigenvalue weighted by atomic mass is 9.96. The van der Waals surface area contributed by atoms with Crippen molar-refractivity contribution in [3.05, 3.63) is 27.7 Å². The van der Waals surface area contributed by atoms with Crippen LogP contribution in [0.4, 0.5) is 0 Å². The molecule has 2 unspecified atom stereocenters. The van der Waals surface area contributed by atoms with Crippen molar-refractivity contribution in [2.75, 3.05) is 6.61 Å². The van der Waals surface area contributed by atoms with Crippen LogP contribution < -0.4 is 16.0 Å². The summed E-state index contributed by atoms with van der Waals surface area (Å²) in [7, 11) is 0. The molecule has 19 heavy (non-hydrogen) atoms. The third kappa shape index (κ3) is 2.54. The predicted octanol–water partition coefficient (Wildman–Crippen LogP) is 2.80. The number of hydrogen-bond donors (Lipinski definition) is 2. The van der Waals surface area contributed by atoms with Gasteiger partial charge in [0.15, 0.2) is 0 Å². The summed E-state index contributed by atoms with van der Waals surface area (Å²) in [5.41, 5.74) is 6.02. The minimum atomic E-state index is 0.331. The molecule has 104 valence electrons. The molecule has 1 aliphatic carbocycles. The van der Waals surface area contributed by atoms with Crippen molar-refractivity contribution in [2.45, 2.75) is 39.2 Å². The van der Waals surface area contributed by atoms with E-state index in [1.807, 2.05) is 0 Å².